The summed E-state index contributed by atoms with van der Waals surface area (Å²) in [5.41, 5.74) is 3.62. The fourth-order valence-electron chi connectivity index (χ4n) is 3.41. The van der Waals surface area contributed by atoms with Gasteiger partial charge in [0.1, 0.15) is 12.4 Å². The van der Waals surface area contributed by atoms with Crippen LogP contribution in [0.3, 0.4) is 0 Å². The SMILES string of the molecule is CCc1cc(OCCn2c3ccccc3c3ccccc32)ccc1Cl. The summed E-state index contributed by atoms with van der Waals surface area (Å²) in [5, 5.41) is 3.38. The average molecular weight is 350 g/mol. The molecule has 0 fully saturated rings. The Hall–Kier alpha value is -2.45. The van der Waals surface area contributed by atoms with Crippen LogP contribution in [0.5, 0.6) is 5.75 Å². The van der Waals surface area contributed by atoms with Crippen LogP contribution in [0.15, 0.2) is 66.7 Å². The maximum Gasteiger partial charge on any atom is 0.119 e. The second-order valence-corrected chi connectivity index (χ2v) is 6.55. The number of aryl methyl sites for hydroxylation is 1. The van der Waals surface area contributed by atoms with Crippen molar-refractivity contribution >= 4 is 33.4 Å². The van der Waals surface area contributed by atoms with Gasteiger partial charge in [-0.15, -0.1) is 0 Å². The van der Waals surface area contributed by atoms with Crippen LogP contribution in [0.2, 0.25) is 5.02 Å². The van der Waals surface area contributed by atoms with Crippen molar-refractivity contribution in [2.75, 3.05) is 6.61 Å². The quantitative estimate of drug-likeness (QED) is 0.425. The van der Waals surface area contributed by atoms with Gasteiger partial charge in [-0.3, -0.25) is 0 Å². The maximum atomic E-state index is 6.18. The van der Waals surface area contributed by atoms with E-state index in [1.165, 1.54) is 21.8 Å². The highest BCUT2D eigenvalue weighted by Crippen LogP contribution is 2.28. The fourth-order valence-corrected chi connectivity index (χ4v) is 3.66. The first kappa shape index (κ1) is 16.0. The van der Waals surface area contributed by atoms with E-state index in [4.69, 9.17) is 16.3 Å². The molecular formula is C22H20ClNO. The number of rotatable bonds is 5. The lowest BCUT2D eigenvalue weighted by Crippen LogP contribution is -2.08. The van der Waals surface area contributed by atoms with Crippen LogP contribution in [0.4, 0.5) is 0 Å². The van der Waals surface area contributed by atoms with Crippen LogP contribution in [0.1, 0.15) is 12.5 Å². The molecule has 0 radical (unpaired) electrons. The lowest BCUT2D eigenvalue weighted by molar-refractivity contribution is 0.302. The smallest absolute Gasteiger partial charge is 0.119 e. The molecule has 3 heteroatoms. The van der Waals surface area contributed by atoms with Gasteiger partial charge in [0.2, 0.25) is 0 Å². The number of halogens is 1. The molecule has 0 atom stereocenters. The minimum Gasteiger partial charge on any atom is -0.492 e. The minimum absolute atomic E-state index is 0.619. The van der Waals surface area contributed by atoms with Crippen LogP contribution >= 0.6 is 11.6 Å². The summed E-state index contributed by atoms with van der Waals surface area (Å²) >= 11 is 6.18. The number of aromatic nitrogens is 1. The van der Waals surface area contributed by atoms with Gasteiger partial charge in [-0.25, -0.2) is 0 Å². The van der Waals surface area contributed by atoms with E-state index in [1.807, 2.05) is 18.2 Å². The van der Waals surface area contributed by atoms with Gasteiger partial charge < -0.3 is 9.30 Å². The zero-order valence-corrected chi connectivity index (χ0v) is 15.0. The zero-order chi connectivity index (χ0) is 17.2. The van der Waals surface area contributed by atoms with Crippen molar-refractivity contribution in [3.63, 3.8) is 0 Å². The van der Waals surface area contributed by atoms with Gasteiger partial charge in [0.25, 0.3) is 0 Å². The van der Waals surface area contributed by atoms with E-state index in [0.29, 0.717) is 6.61 Å². The number of fused-ring (bicyclic) bond motifs is 3. The lowest BCUT2D eigenvalue weighted by Gasteiger charge is -2.11. The lowest BCUT2D eigenvalue weighted by atomic mass is 10.1. The number of nitrogens with zero attached hydrogens (tertiary/aromatic N) is 1. The number of para-hydroxylation sites is 2. The van der Waals surface area contributed by atoms with Gasteiger partial charge in [-0.2, -0.15) is 0 Å². The molecule has 1 heterocycles. The average Bonchev–Trinajstić information content (AvgIpc) is 2.97. The van der Waals surface area contributed by atoms with Gasteiger partial charge in [0, 0.05) is 26.8 Å². The number of benzene rings is 3. The molecule has 0 amide bonds. The van der Waals surface area contributed by atoms with E-state index in [0.717, 1.165) is 29.3 Å². The summed E-state index contributed by atoms with van der Waals surface area (Å²) in [5.74, 6) is 0.877. The third kappa shape index (κ3) is 2.98. The normalized spacial score (nSPS) is 11.3. The molecule has 0 aliphatic carbocycles. The van der Waals surface area contributed by atoms with Crippen LogP contribution < -0.4 is 4.74 Å². The van der Waals surface area contributed by atoms with Gasteiger partial charge >= 0.3 is 0 Å². The molecule has 0 unspecified atom stereocenters. The predicted octanol–water partition coefficient (Wildman–Crippen LogP) is 6.09. The highest BCUT2D eigenvalue weighted by molar-refractivity contribution is 6.31. The summed E-state index contributed by atoms with van der Waals surface area (Å²) in [6.45, 7) is 3.52. The minimum atomic E-state index is 0.619. The molecule has 4 rings (SSSR count). The van der Waals surface area contributed by atoms with Crippen molar-refractivity contribution in [3.05, 3.63) is 77.3 Å². The molecule has 126 valence electrons. The van der Waals surface area contributed by atoms with E-state index in [-0.39, 0.29) is 0 Å². The van der Waals surface area contributed by atoms with Gasteiger partial charge in [-0.05, 0) is 42.3 Å². The molecule has 0 bridgehead atoms. The second-order valence-electron chi connectivity index (χ2n) is 6.14. The van der Waals surface area contributed by atoms with Crippen LogP contribution in [0, 0.1) is 0 Å². The molecule has 2 nitrogen and oxygen atoms in total. The van der Waals surface area contributed by atoms with E-state index >= 15 is 0 Å². The zero-order valence-electron chi connectivity index (χ0n) is 14.2. The van der Waals surface area contributed by atoms with E-state index in [1.54, 1.807) is 0 Å². The van der Waals surface area contributed by atoms with E-state index in [9.17, 15) is 0 Å². The Bertz CT molecular complexity index is 981. The molecule has 4 aromatic rings. The van der Waals surface area contributed by atoms with Gasteiger partial charge in [0.15, 0.2) is 0 Å². The number of hydrogen-bond donors (Lipinski definition) is 0. The highest BCUT2D eigenvalue weighted by Gasteiger charge is 2.09. The van der Waals surface area contributed by atoms with Crippen molar-refractivity contribution in [3.8, 4) is 5.75 Å². The Balaban J connectivity index is 1.60. The first-order valence-electron chi connectivity index (χ1n) is 8.65. The summed E-state index contributed by atoms with van der Waals surface area (Å²) in [6.07, 6.45) is 0.906. The molecule has 25 heavy (non-hydrogen) atoms. The largest absolute Gasteiger partial charge is 0.492 e. The fraction of sp³-hybridized carbons (Fsp3) is 0.182. The molecular weight excluding hydrogens is 330 g/mol. The molecule has 0 N–H and O–H groups in total. The van der Waals surface area contributed by atoms with Crippen molar-refractivity contribution in [1.82, 2.24) is 4.57 Å². The van der Waals surface area contributed by atoms with E-state index in [2.05, 4.69) is 60.0 Å². The molecule has 1 aromatic heterocycles. The first-order valence-corrected chi connectivity index (χ1v) is 9.03. The molecule has 0 spiro atoms. The first-order chi connectivity index (χ1) is 12.3. The highest BCUT2D eigenvalue weighted by atomic mass is 35.5. The summed E-state index contributed by atoms with van der Waals surface area (Å²) in [4.78, 5) is 0. The summed E-state index contributed by atoms with van der Waals surface area (Å²) in [7, 11) is 0. The Morgan fingerprint density at radius 1 is 0.880 bits per heavy atom. The van der Waals surface area contributed by atoms with Crippen molar-refractivity contribution in [1.29, 1.82) is 0 Å². The van der Waals surface area contributed by atoms with Crippen molar-refractivity contribution in [2.24, 2.45) is 0 Å². The van der Waals surface area contributed by atoms with Crippen LogP contribution in [-0.2, 0) is 13.0 Å². The summed E-state index contributed by atoms with van der Waals surface area (Å²) < 4.78 is 8.33. The maximum absolute atomic E-state index is 6.18. The second kappa shape index (κ2) is 6.81. The van der Waals surface area contributed by atoms with Gasteiger partial charge in [-0.1, -0.05) is 54.9 Å². The van der Waals surface area contributed by atoms with Gasteiger partial charge in [0.05, 0.1) is 6.54 Å². The topological polar surface area (TPSA) is 14.2 Å². The Morgan fingerprint density at radius 2 is 1.52 bits per heavy atom. The third-order valence-electron chi connectivity index (χ3n) is 4.66. The number of hydrogen-bond acceptors (Lipinski definition) is 1. The Morgan fingerprint density at radius 3 is 2.16 bits per heavy atom. The molecule has 3 aromatic carbocycles. The summed E-state index contributed by atoms with van der Waals surface area (Å²) in [6, 6.07) is 23.0. The van der Waals surface area contributed by atoms with Crippen LogP contribution in [0.25, 0.3) is 21.8 Å². The Labute approximate surface area is 152 Å². The predicted molar refractivity (Wildman–Crippen MR) is 106 cm³/mol. The number of ether oxygens (including phenoxy) is 1. The molecule has 0 aliphatic rings. The standard InChI is InChI=1S/C22H20ClNO/c1-2-16-15-17(11-12-20(16)23)25-14-13-24-21-9-5-3-7-18(21)19-8-4-6-10-22(19)24/h3-12,15H,2,13-14H2,1H3. The molecule has 0 saturated carbocycles. The third-order valence-corrected chi connectivity index (χ3v) is 5.03. The van der Waals surface area contributed by atoms with Crippen molar-refractivity contribution in [2.45, 2.75) is 19.9 Å². The van der Waals surface area contributed by atoms with Crippen molar-refractivity contribution < 1.29 is 4.74 Å². The monoisotopic (exact) mass is 349 g/mol. The van der Waals surface area contributed by atoms with Crippen LogP contribution in [-0.4, -0.2) is 11.2 Å². The molecule has 0 saturated heterocycles. The molecule has 0 aliphatic heterocycles. The Kier molecular flexibility index (Phi) is 4.37. The van der Waals surface area contributed by atoms with E-state index < -0.39 is 0 Å².